The number of nitrogens with zero attached hydrogens (tertiary/aromatic N) is 2. The quantitative estimate of drug-likeness (QED) is 0.654. The van der Waals surface area contributed by atoms with E-state index in [1.54, 1.807) is 18.2 Å². The largest absolute Gasteiger partial charge is 0.383 e. The third-order valence-corrected chi connectivity index (χ3v) is 1.83. The Morgan fingerprint density at radius 3 is 2.92 bits per heavy atom. The van der Waals surface area contributed by atoms with Crippen molar-refractivity contribution >= 4 is 23.0 Å². The first-order valence-corrected chi connectivity index (χ1v) is 3.76. The summed E-state index contributed by atoms with van der Waals surface area (Å²) in [7, 11) is 0. The highest BCUT2D eigenvalue weighted by Gasteiger charge is 1.99. The van der Waals surface area contributed by atoms with Gasteiger partial charge in [-0.1, -0.05) is 6.07 Å². The van der Waals surface area contributed by atoms with Crippen molar-refractivity contribution in [2.75, 3.05) is 5.73 Å². The molecule has 13 heavy (non-hydrogen) atoms. The van der Waals surface area contributed by atoms with Crippen LogP contribution in [0, 0.1) is 0 Å². The van der Waals surface area contributed by atoms with Crippen molar-refractivity contribution in [1.82, 2.24) is 9.97 Å². The zero-order valence-corrected chi connectivity index (χ0v) is 6.77. The average Bonchev–Trinajstić information content (AvgIpc) is 2.18. The monoisotopic (exact) mass is 173 g/mol. The Kier molecular flexibility index (Phi) is 1.66. The molecular weight excluding hydrogens is 166 g/mol. The fraction of sp³-hybridized carbons (Fsp3) is 0. The van der Waals surface area contributed by atoms with Crippen LogP contribution in [0.15, 0.2) is 24.5 Å². The summed E-state index contributed by atoms with van der Waals surface area (Å²) in [6.07, 6.45) is 2.16. The molecule has 1 heterocycles. The summed E-state index contributed by atoms with van der Waals surface area (Å²) in [6.45, 7) is 0. The van der Waals surface area contributed by atoms with Gasteiger partial charge in [0, 0.05) is 10.9 Å². The minimum Gasteiger partial charge on any atom is -0.383 e. The fourth-order valence-electron chi connectivity index (χ4n) is 1.17. The predicted molar refractivity (Wildman–Crippen MR) is 49.3 cm³/mol. The van der Waals surface area contributed by atoms with Gasteiger partial charge in [0.25, 0.3) is 0 Å². The molecule has 1 aromatic carbocycles. The smallest absolute Gasteiger partial charge is 0.150 e. The van der Waals surface area contributed by atoms with Crippen LogP contribution in [0.4, 0.5) is 5.82 Å². The standard InChI is InChI=1S/C9H7N3O/c10-9-7-2-1-6(4-13)3-8(7)11-5-12-9/h1-5H,(H2,10,11,12). The Bertz CT molecular complexity index is 467. The molecule has 4 heteroatoms. The van der Waals surface area contributed by atoms with Crippen LogP contribution in [0.1, 0.15) is 10.4 Å². The molecule has 0 aliphatic rings. The zero-order chi connectivity index (χ0) is 9.26. The van der Waals surface area contributed by atoms with Crippen molar-refractivity contribution in [1.29, 1.82) is 0 Å². The average molecular weight is 173 g/mol. The van der Waals surface area contributed by atoms with Gasteiger partial charge in [0.1, 0.15) is 18.4 Å². The van der Waals surface area contributed by atoms with Crippen LogP contribution in [0.3, 0.4) is 0 Å². The molecule has 0 radical (unpaired) electrons. The molecule has 4 nitrogen and oxygen atoms in total. The van der Waals surface area contributed by atoms with E-state index in [-0.39, 0.29) is 0 Å². The van der Waals surface area contributed by atoms with Gasteiger partial charge >= 0.3 is 0 Å². The Hall–Kier alpha value is -1.97. The van der Waals surface area contributed by atoms with Crippen LogP contribution in [0.25, 0.3) is 10.9 Å². The van der Waals surface area contributed by atoms with Gasteiger partial charge in [0.05, 0.1) is 5.52 Å². The molecular formula is C9H7N3O. The summed E-state index contributed by atoms with van der Waals surface area (Å²) in [5, 5.41) is 0.771. The number of benzene rings is 1. The third-order valence-electron chi connectivity index (χ3n) is 1.83. The van der Waals surface area contributed by atoms with Crippen molar-refractivity contribution < 1.29 is 4.79 Å². The van der Waals surface area contributed by atoms with Crippen molar-refractivity contribution in [2.45, 2.75) is 0 Å². The van der Waals surface area contributed by atoms with E-state index in [2.05, 4.69) is 9.97 Å². The van der Waals surface area contributed by atoms with Crippen molar-refractivity contribution in [3.8, 4) is 0 Å². The maximum absolute atomic E-state index is 10.5. The number of nitrogen functional groups attached to an aromatic ring is 1. The van der Waals surface area contributed by atoms with Gasteiger partial charge in [-0.25, -0.2) is 9.97 Å². The molecule has 0 aliphatic heterocycles. The molecule has 0 bridgehead atoms. The van der Waals surface area contributed by atoms with E-state index in [1.807, 2.05) is 0 Å². The first-order valence-electron chi connectivity index (χ1n) is 3.76. The normalized spacial score (nSPS) is 10.2. The van der Waals surface area contributed by atoms with E-state index in [0.717, 1.165) is 11.7 Å². The topological polar surface area (TPSA) is 68.9 Å². The highest BCUT2D eigenvalue weighted by molar-refractivity contribution is 5.91. The van der Waals surface area contributed by atoms with Crippen LogP contribution in [-0.4, -0.2) is 16.3 Å². The second-order valence-corrected chi connectivity index (χ2v) is 2.65. The first kappa shape index (κ1) is 7.67. The Morgan fingerprint density at radius 2 is 2.15 bits per heavy atom. The lowest BCUT2D eigenvalue weighted by Crippen LogP contribution is -1.93. The molecule has 1 aromatic heterocycles. The molecule has 0 aliphatic carbocycles. The molecule has 0 amide bonds. The Balaban J connectivity index is 2.79. The molecule has 0 spiro atoms. The number of nitrogens with two attached hydrogens (primary N) is 1. The van der Waals surface area contributed by atoms with Crippen LogP contribution in [-0.2, 0) is 0 Å². The minimum absolute atomic E-state index is 0.433. The Labute approximate surface area is 74.4 Å². The first-order chi connectivity index (χ1) is 6.31. The van der Waals surface area contributed by atoms with Gasteiger partial charge in [-0.3, -0.25) is 4.79 Å². The van der Waals surface area contributed by atoms with Gasteiger partial charge in [0.2, 0.25) is 0 Å². The second-order valence-electron chi connectivity index (χ2n) is 2.65. The summed E-state index contributed by atoms with van der Waals surface area (Å²) in [5.74, 6) is 0.433. The van der Waals surface area contributed by atoms with E-state index >= 15 is 0 Å². The number of aromatic nitrogens is 2. The highest BCUT2D eigenvalue weighted by atomic mass is 16.1. The van der Waals surface area contributed by atoms with E-state index in [9.17, 15) is 4.79 Å². The van der Waals surface area contributed by atoms with Gasteiger partial charge in [-0.05, 0) is 12.1 Å². The van der Waals surface area contributed by atoms with Crippen LogP contribution in [0.2, 0.25) is 0 Å². The van der Waals surface area contributed by atoms with Crippen molar-refractivity contribution in [3.05, 3.63) is 30.1 Å². The van der Waals surface area contributed by atoms with Gasteiger partial charge in [-0.2, -0.15) is 0 Å². The lowest BCUT2D eigenvalue weighted by molar-refractivity contribution is 0.112. The maximum atomic E-state index is 10.5. The summed E-state index contributed by atoms with van der Waals surface area (Å²) in [5.41, 5.74) is 6.89. The van der Waals surface area contributed by atoms with Crippen molar-refractivity contribution in [2.24, 2.45) is 0 Å². The molecule has 0 atom stereocenters. The van der Waals surface area contributed by atoms with Crippen LogP contribution >= 0.6 is 0 Å². The maximum Gasteiger partial charge on any atom is 0.150 e. The molecule has 0 unspecified atom stereocenters. The number of hydrogen-bond donors (Lipinski definition) is 1. The van der Waals surface area contributed by atoms with Gasteiger partial charge < -0.3 is 5.73 Å². The molecule has 2 rings (SSSR count). The minimum atomic E-state index is 0.433. The third kappa shape index (κ3) is 1.22. The van der Waals surface area contributed by atoms with Gasteiger partial charge in [0.15, 0.2) is 0 Å². The highest BCUT2D eigenvalue weighted by Crippen LogP contribution is 2.16. The summed E-state index contributed by atoms with van der Waals surface area (Å²) in [6, 6.07) is 5.11. The molecule has 0 fully saturated rings. The van der Waals surface area contributed by atoms with E-state index in [1.165, 1.54) is 6.33 Å². The van der Waals surface area contributed by atoms with E-state index in [0.29, 0.717) is 16.9 Å². The number of carbonyl (C=O) groups excluding carboxylic acids is 1. The SMILES string of the molecule is Nc1ncnc2cc(C=O)ccc12. The van der Waals surface area contributed by atoms with Crippen molar-refractivity contribution in [3.63, 3.8) is 0 Å². The molecule has 2 aromatic rings. The number of anilines is 1. The summed E-state index contributed by atoms with van der Waals surface area (Å²) < 4.78 is 0. The van der Waals surface area contributed by atoms with Crippen LogP contribution in [0.5, 0.6) is 0 Å². The number of rotatable bonds is 1. The number of aldehydes is 1. The molecule has 64 valence electrons. The lowest BCUT2D eigenvalue weighted by atomic mass is 10.1. The van der Waals surface area contributed by atoms with Gasteiger partial charge in [-0.15, -0.1) is 0 Å². The summed E-state index contributed by atoms with van der Waals surface area (Å²) >= 11 is 0. The number of fused-ring (bicyclic) bond motifs is 1. The van der Waals surface area contributed by atoms with E-state index in [4.69, 9.17) is 5.73 Å². The predicted octanol–water partition coefficient (Wildman–Crippen LogP) is 1.02. The summed E-state index contributed by atoms with van der Waals surface area (Å²) in [4.78, 5) is 18.3. The molecule has 2 N–H and O–H groups in total. The number of carbonyl (C=O) groups is 1. The molecule has 0 saturated carbocycles. The number of hydrogen-bond acceptors (Lipinski definition) is 4. The fourth-order valence-corrected chi connectivity index (χ4v) is 1.17. The molecule has 0 saturated heterocycles. The second kappa shape index (κ2) is 2.82. The van der Waals surface area contributed by atoms with Crippen LogP contribution < -0.4 is 5.73 Å². The zero-order valence-electron chi connectivity index (χ0n) is 6.77. The van der Waals surface area contributed by atoms with E-state index < -0.39 is 0 Å². The lowest BCUT2D eigenvalue weighted by Gasteiger charge is -1.99. The Morgan fingerprint density at radius 1 is 1.31 bits per heavy atom.